The lowest BCUT2D eigenvalue weighted by molar-refractivity contribution is 0.316. The van der Waals surface area contributed by atoms with Crippen LogP contribution >= 0.6 is 15.9 Å². The molecule has 88 valence electrons. The lowest BCUT2D eigenvalue weighted by atomic mass is 10.2. The highest BCUT2D eigenvalue weighted by molar-refractivity contribution is 9.10. The van der Waals surface area contributed by atoms with E-state index in [9.17, 15) is 4.39 Å². The summed E-state index contributed by atoms with van der Waals surface area (Å²) in [5, 5.41) is 3.26. The molecule has 1 fully saturated rings. The van der Waals surface area contributed by atoms with Gasteiger partial charge in [-0.05, 0) is 25.6 Å². The van der Waals surface area contributed by atoms with Gasteiger partial charge in [-0.3, -0.25) is 4.90 Å². The average Bonchev–Trinajstić information content (AvgIpc) is 2.71. The van der Waals surface area contributed by atoms with Gasteiger partial charge in [0, 0.05) is 35.7 Å². The van der Waals surface area contributed by atoms with E-state index < -0.39 is 0 Å². The first-order chi connectivity index (χ1) is 7.70. The van der Waals surface area contributed by atoms with Crippen LogP contribution in [0.25, 0.3) is 0 Å². The Hall–Kier alpha value is -0.450. The molecule has 1 N–H and O–H groups in total. The van der Waals surface area contributed by atoms with Crippen molar-refractivity contribution in [3.63, 3.8) is 0 Å². The zero-order chi connectivity index (χ0) is 11.5. The Labute approximate surface area is 104 Å². The molecule has 1 saturated heterocycles. The van der Waals surface area contributed by atoms with Gasteiger partial charge < -0.3 is 5.32 Å². The Morgan fingerprint density at radius 3 is 3.00 bits per heavy atom. The maximum atomic E-state index is 13.6. The molecule has 2 nitrogen and oxygen atoms in total. The summed E-state index contributed by atoms with van der Waals surface area (Å²) in [6, 6.07) is 5.68. The predicted octanol–water partition coefficient (Wildman–Crippen LogP) is 2.38. The Morgan fingerprint density at radius 2 is 2.38 bits per heavy atom. The van der Waals surface area contributed by atoms with Gasteiger partial charge in [0.1, 0.15) is 5.82 Å². The summed E-state index contributed by atoms with van der Waals surface area (Å²) < 4.78 is 14.5. The third kappa shape index (κ3) is 2.62. The fraction of sp³-hybridized carbons (Fsp3) is 0.500. The minimum atomic E-state index is -0.123. The molecular weight excluding hydrogens is 271 g/mol. The standard InChI is InChI=1S/C12H16BrFN2/c1-15-9-5-6-16(7-9)8-10-11(13)3-2-4-12(10)14/h2-4,9,15H,5-8H2,1H3. The van der Waals surface area contributed by atoms with Crippen LogP contribution in [0.3, 0.4) is 0 Å². The van der Waals surface area contributed by atoms with E-state index >= 15 is 0 Å². The first-order valence-corrected chi connectivity index (χ1v) is 6.32. The number of benzene rings is 1. The van der Waals surface area contributed by atoms with E-state index in [1.807, 2.05) is 13.1 Å². The fourth-order valence-electron chi connectivity index (χ4n) is 2.12. The van der Waals surface area contributed by atoms with Crippen LogP contribution in [-0.2, 0) is 6.54 Å². The lowest BCUT2D eigenvalue weighted by Crippen LogP contribution is -2.29. The lowest BCUT2D eigenvalue weighted by Gasteiger charge is -2.17. The Kier molecular flexibility index (Phi) is 3.95. The van der Waals surface area contributed by atoms with Gasteiger partial charge >= 0.3 is 0 Å². The van der Waals surface area contributed by atoms with E-state index in [0.29, 0.717) is 12.6 Å². The minimum Gasteiger partial charge on any atom is -0.316 e. The van der Waals surface area contributed by atoms with Gasteiger partial charge in [-0.25, -0.2) is 4.39 Å². The maximum absolute atomic E-state index is 13.6. The second-order valence-electron chi connectivity index (χ2n) is 4.21. The Balaban J connectivity index is 2.04. The van der Waals surface area contributed by atoms with Gasteiger partial charge in [0.05, 0.1) is 0 Å². The number of nitrogens with zero attached hydrogens (tertiary/aromatic N) is 1. The van der Waals surface area contributed by atoms with E-state index in [1.165, 1.54) is 6.07 Å². The maximum Gasteiger partial charge on any atom is 0.128 e. The van der Waals surface area contributed by atoms with Gasteiger partial charge in [0.25, 0.3) is 0 Å². The first-order valence-electron chi connectivity index (χ1n) is 5.53. The van der Waals surface area contributed by atoms with Crippen molar-refractivity contribution in [2.24, 2.45) is 0 Å². The van der Waals surface area contributed by atoms with E-state index in [2.05, 4.69) is 26.1 Å². The van der Waals surface area contributed by atoms with E-state index in [-0.39, 0.29) is 5.82 Å². The van der Waals surface area contributed by atoms with Crippen molar-refractivity contribution in [2.75, 3.05) is 20.1 Å². The zero-order valence-electron chi connectivity index (χ0n) is 9.34. The molecule has 16 heavy (non-hydrogen) atoms. The molecule has 1 aromatic carbocycles. The molecular formula is C12H16BrFN2. The summed E-state index contributed by atoms with van der Waals surface area (Å²) in [7, 11) is 1.98. The topological polar surface area (TPSA) is 15.3 Å². The second kappa shape index (κ2) is 5.25. The summed E-state index contributed by atoms with van der Waals surface area (Å²) in [6.07, 6.45) is 1.14. The number of rotatable bonds is 3. The van der Waals surface area contributed by atoms with Crippen LogP contribution in [-0.4, -0.2) is 31.1 Å². The molecule has 1 heterocycles. The number of halogens is 2. The molecule has 0 aliphatic carbocycles. The van der Waals surface area contributed by atoms with Crippen LogP contribution in [0.5, 0.6) is 0 Å². The minimum absolute atomic E-state index is 0.123. The Bertz CT molecular complexity index is 350. The first kappa shape index (κ1) is 12.0. The molecule has 1 aliphatic rings. The van der Waals surface area contributed by atoms with Gasteiger partial charge in [0.2, 0.25) is 0 Å². The molecule has 0 bridgehead atoms. The van der Waals surface area contributed by atoms with Crippen molar-refractivity contribution < 1.29 is 4.39 Å². The molecule has 0 amide bonds. The van der Waals surface area contributed by atoms with Gasteiger partial charge in [-0.2, -0.15) is 0 Å². The van der Waals surface area contributed by atoms with Crippen molar-refractivity contribution in [1.82, 2.24) is 10.2 Å². The second-order valence-corrected chi connectivity index (χ2v) is 5.06. The molecule has 0 radical (unpaired) electrons. The van der Waals surface area contributed by atoms with E-state index in [1.54, 1.807) is 6.07 Å². The molecule has 0 spiro atoms. The van der Waals surface area contributed by atoms with Gasteiger partial charge in [-0.1, -0.05) is 22.0 Å². The molecule has 1 unspecified atom stereocenters. The number of nitrogens with one attached hydrogen (secondary N) is 1. The molecule has 1 aromatic rings. The molecule has 0 aromatic heterocycles. The van der Waals surface area contributed by atoms with Crippen molar-refractivity contribution in [2.45, 2.75) is 19.0 Å². The van der Waals surface area contributed by atoms with Gasteiger partial charge in [0.15, 0.2) is 0 Å². The predicted molar refractivity (Wildman–Crippen MR) is 66.8 cm³/mol. The van der Waals surface area contributed by atoms with Crippen LogP contribution in [0.4, 0.5) is 4.39 Å². The highest BCUT2D eigenvalue weighted by atomic mass is 79.9. The smallest absolute Gasteiger partial charge is 0.128 e. The molecule has 0 saturated carbocycles. The quantitative estimate of drug-likeness (QED) is 0.918. The number of hydrogen-bond donors (Lipinski definition) is 1. The summed E-state index contributed by atoms with van der Waals surface area (Å²) >= 11 is 3.40. The van der Waals surface area contributed by atoms with Crippen LogP contribution in [0, 0.1) is 5.82 Å². The highest BCUT2D eigenvalue weighted by Gasteiger charge is 2.22. The fourth-order valence-corrected chi connectivity index (χ4v) is 2.59. The monoisotopic (exact) mass is 286 g/mol. The van der Waals surface area contributed by atoms with Crippen molar-refractivity contribution >= 4 is 15.9 Å². The SMILES string of the molecule is CNC1CCN(Cc2c(F)cccc2Br)C1. The summed E-state index contributed by atoms with van der Waals surface area (Å²) in [4.78, 5) is 2.28. The molecule has 2 rings (SSSR count). The van der Waals surface area contributed by atoms with Gasteiger partial charge in [-0.15, -0.1) is 0 Å². The summed E-state index contributed by atoms with van der Waals surface area (Å²) in [5.41, 5.74) is 0.763. The highest BCUT2D eigenvalue weighted by Crippen LogP contribution is 2.23. The number of hydrogen-bond acceptors (Lipinski definition) is 2. The number of likely N-dealkylation sites (tertiary alicyclic amines) is 1. The third-order valence-corrected chi connectivity index (χ3v) is 3.87. The molecule has 4 heteroatoms. The zero-order valence-corrected chi connectivity index (χ0v) is 10.9. The average molecular weight is 287 g/mol. The van der Waals surface area contributed by atoms with Crippen LogP contribution in [0.1, 0.15) is 12.0 Å². The largest absolute Gasteiger partial charge is 0.316 e. The Morgan fingerprint density at radius 1 is 1.56 bits per heavy atom. The van der Waals surface area contributed by atoms with Crippen LogP contribution in [0.2, 0.25) is 0 Å². The summed E-state index contributed by atoms with van der Waals surface area (Å²) in [6.45, 7) is 2.72. The van der Waals surface area contributed by atoms with E-state index in [4.69, 9.17) is 0 Å². The van der Waals surface area contributed by atoms with Crippen molar-refractivity contribution in [3.8, 4) is 0 Å². The van der Waals surface area contributed by atoms with Crippen molar-refractivity contribution in [1.29, 1.82) is 0 Å². The van der Waals surface area contributed by atoms with Crippen LogP contribution in [0.15, 0.2) is 22.7 Å². The van der Waals surface area contributed by atoms with E-state index in [0.717, 1.165) is 29.5 Å². The number of likely N-dealkylation sites (N-methyl/N-ethyl adjacent to an activating group) is 1. The molecule has 1 atom stereocenters. The summed E-state index contributed by atoms with van der Waals surface area (Å²) in [5.74, 6) is -0.123. The van der Waals surface area contributed by atoms with Crippen LogP contribution < -0.4 is 5.32 Å². The van der Waals surface area contributed by atoms with Crippen molar-refractivity contribution in [3.05, 3.63) is 34.1 Å². The normalized spacial score (nSPS) is 21.6. The molecule has 1 aliphatic heterocycles. The third-order valence-electron chi connectivity index (χ3n) is 3.12.